The van der Waals surface area contributed by atoms with Crippen molar-refractivity contribution in [3.8, 4) is 17.0 Å². The molecule has 0 saturated heterocycles. The Morgan fingerprint density at radius 2 is 1.83 bits per heavy atom. The van der Waals surface area contributed by atoms with Crippen LogP contribution >= 0.6 is 0 Å². The minimum Gasteiger partial charge on any atom is -0.508 e. The molecule has 5 heteroatoms. The lowest BCUT2D eigenvalue weighted by atomic mass is 10.1. The zero-order valence-corrected chi connectivity index (χ0v) is 10.1. The van der Waals surface area contributed by atoms with Gasteiger partial charge in [-0.25, -0.2) is 4.79 Å². The number of carboxylic acids is 1. The van der Waals surface area contributed by atoms with E-state index in [-0.39, 0.29) is 17.0 Å². The van der Waals surface area contributed by atoms with Gasteiger partial charge in [-0.15, -0.1) is 0 Å². The number of aromatic carboxylic acids is 1. The highest BCUT2D eigenvalue weighted by Crippen LogP contribution is 2.33. The predicted octanol–water partition coefficient (Wildman–Crippen LogP) is 1.99. The van der Waals surface area contributed by atoms with Crippen LogP contribution < -0.4 is 5.73 Å². The van der Waals surface area contributed by atoms with Gasteiger partial charge in [0.2, 0.25) is 0 Å². The Labute approximate surface area is 104 Å². The number of carboxylic acid groups (broad SMARTS) is 1. The molecule has 0 spiro atoms. The monoisotopic (exact) mass is 246 g/mol. The van der Waals surface area contributed by atoms with Gasteiger partial charge in [-0.1, -0.05) is 0 Å². The maximum Gasteiger partial charge on any atom is 0.339 e. The van der Waals surface area contributed by atoms with E-state index in [1.807, 2.05) is 0 Å². The van der Waals surface area contributed by atoms with Crippen LogP contribution in [0.2, 0.25) is 0 Å². The first-order chi connectivity index (χ1) is 8.43. The van der Waals surface area contributed by atoms with Crippen LogP contribution in [0, 0.1) is 6.92 Å². The molecule has 18 heavy (non-hydrogen) atoms. The molecule has 0 fully saturated rings. The number of nitrogens with zero attached hydrogens (tertiary/aromatic N) is 1. The molecule has 0 amide bonds. The molecule has 2 aromatic rings. The van der Waals surface area contributed by atoms with E-state index in [9.17, 15) is 9.90 Å². The van der Waals surface area contributed by atoms with Gasteiger partial charge < -0.3 is 20.5 Å². The van der Waals surface area contributed by atoms with E-state index in [0.29, 0.717) is 11.4 Å². The molecule has 0 radical (unpaired) electrons. The number of phenols is 1. The summed E-state index contributed by atoms with van der Waals surface area (Å²) in [5, 5.41) is 18.4. The van der Waals surface area contributed by atoms with Crippen molar-refractivity contribution in [2.45, 2.75) is 6.92 Å². The summed E-state index contributed by atoms with van der Waals surface area (Å²) in [5.74, 6) is -0.882. The molecule has 1 aromatic heterocycles. The fourth-order valence-electron chi connectivity index (χ4n) is 2.07. The summed E-state index contributed by atoms with van der Waals surface area (Å²) in [7, 11) is 1.76. The van der Waals surface area contributed by atoms with Crippen LogP contribution in [-0.2, 0) is 7.05 Å². The third-order valence-corrected chi connectivity index (χ3v) is 3.08. The summed E-state index contributed by atoms with van der Waals surface area (Å²) in [6, 6.07) is 6.48. The van der Waals surface area contributed by atoms with Gasteiger partial charge in [0.25, 0.3) is 0 Å². The van der Waals surface area contributed by atoms with Crippen molar-refractivity contribution in [1.82, 2.24) is 4.57 Å². The Morgan fingerprint density at radius 1 is 1.28 bits per heavy atom. The number of hydrogen-bond donors (Lipinski definition) is 3. The molecule has 4 N–H and O–H groups in total. The molecule has 2 rings (SSSR count). The van der Waals surface area contributed by atoms with E-state index in [1.165, 1.54) is 12.1 Å². The zero-order chi connectivity index (χ0) is 13.4. The first-order valence-corrected chi connectivity index (χ1v) is 5.41. The Morgan fingerprint density at radius 3 is 2.28 bits per heavy atom. The number of benzene rings is 1. The van der Waals surface area contributed by atoms with Gasteiger partial charge in [-0.2, -0.15) is 0 Å². The van der Waals surface area contributed by atoms with Gasteiger partial charge in [0.05, 0.1) is 11.4 Å². The van der Waals surface area contributed by atoms with Crippen molar-refractivity contribution in [2.75, 3.05) is 5.73 Å². The lowest BCUT2D eigenvalue weighted by Crippen LogP contribution is -2.01. The predicted molar refractivity (Wildman–Crippen MR) is 68.6 cm³/mol. The molecule has 94 valence electrons. The Balaban J connectivity index is 2.69. The van der Waals surface area contributed by atoms with E-state index in [0.717, 1.165) is 5.56 Å². The second-order valence-electron chi connectivity index (χ2n) is 4.13. The average Bonchev–Trinajstić information content (AvgIpc) is 2.52. The fourth-order valence-corrected chi connectivity index (χ4v) is 2.07. The van der Waals surface area contributed by atoms with Gasteiger partial charge in [-0.05, 0) is 31.2 Å². The van der Waals surface area contributed by atoms with Crippen LogP contribution in [0.25, 0.3) is 11.3 Å². The molecule has 1 aromatic carbocycles. The summed E-state index contributed by atoms with van der Waals surface area (Å²) in [6.45, 7) is 1.71. The first-order valence-electron chi connectivity index (χ1n) is 5.41. The maximum absolute atomic E-state index is 11.2. The molecule has 0 atom stereocenters. The number of anilines is 1. The number of nitrogens with two attached hydrogens (primary N) is 1. The first kappa shape index (κ1) is 12.0. The topological polar surface area (TPSA) is 88.5 Å². The zero-order valence-electron chi connectivity index (χ0n) is 10.1. The molecule has 0 aliphatic carbocycles. The van der Waals surface area contributed by atoms with Crippen molar-refractivity contribution in [3.63, 3.8) is 0 Å². The summed E-state index contributed by atoms with van der Waals surface area (Å²) in [6.07, 6.45) is 0. The molecule has 0 aliphatic heterocycles. The quantitative estimate of drug-likeness (QED) is 0.756. The molecule has 0 aliphatic rings. The number of carbonyl (C=O) groups is 1. The van der Waals surface area contributed by atoms with Crippen LogP contribution in [0.4, 0.5) is 5.69 Å². The van der Waals surface area contributed by atoms with E-state index in [1.54, 1.807) is 30.7 Å². The standard InChI is InChI=1S/C13H14N2O3/c1-7-10(13(17)18)11(14)12(15(7)2)8-3-5-9(16)6-4-8/h3-6,16H,14H2,1-2H3,(H,17,18). The van der Waals surface area contributed by atoms with Crippen molar-refractivity contribution in [2.24, 2.45) is 7.05 Å². The van der Waals surface area contributed by atoms with Gasteiger partial charge >= 0.3 is 5.97 Å². The van der Waals surface area contributed by atoms with E-state index < -0.39 is 5.97 Å². The molecule has 0 bridgehead atoms. The van der Waals surface area contributed by atoms with Gasteiger partial charge in [0.1, 0.15) is 11.3 Å². The third kappa shape index (κ3) is 1.69. The van der Waals surface area contributed by atoms with Crippen molar-refractivity contribution in [1.29, 1.82) is 0 Å². The molecule has 0 unspecified atom stereocenters. The highest BCUT2D eigenvalue weighted by atomic mass is 16.4. The number of phenolic OH excluding ortho intramolecular Hbond substituents is 1. The van der Waals surface area contributed by atoms with Gasteiger partial charge in [0, 0.05) is 18.3 Å². The largest absolute Gasteiger partial charge is 0.508 e. The molecule has 0 saturated carbocycles. The normalized spacial score (nSPS) is 10.6. The van der Waals surface area contributed by atoms with E-state index >= 15 is 0 Å². The number of hydrogen-bond acceptors (Lipinski definition) is 3. The summed E-state index contributed by atoms with van der Waals surface area (Å²) >= 11 is 0. The number of aromatic hydroxyl groups is 1. The van der Waals surface area contributed by atoms with E-state index in [2.05, 4.69) is 0 Å². The maximum atomic E-state index is 11.2. The summed E-state index contributed by atoms with van der Waals surface area (Å²) < 4.78 is 1.74. The second-order valence-corrected chi connectivity index (χ2v) is 4.13. The smallest absolute Gasteiger partial charge is 0.339 e. The summed E-state index contributed by atoms with van der Waals surface area (Å²) in [4.78, 5) is 11.2. The molecular weight excluding hydrogens is 232 g/mol. The molecular formula is C13H14N2O3. The number of nitrogen functional groups attached to an aromatic ring is 1. The molecule has 1 heterocycles. The van der Waals surface area contributed by atoms with Crippen molar-refractivity contribution in [3.05, 3.63) is 35.5 Å². The van der Waals surface area contributed by atoms with Crippen LogP contribution in [-0.4, -0.2) is 20.7 Å². The Kier molecular flexibility index (Phi) is 2.74. The highest BCUT2D eigenvalue weighted by molar-refractivity contribution is 5.99. The Hall–Kier alpha value is -2.43. The number of aromatic nitrogens is 1. The van der Waals surface area contributed by atoms with Gasteiger partial charge in [0.15, 0.2) is 0 Å². The second kappa shape index (κ2) is 4.10. The SMILES string of the molecule is Cc1c(C(=O)O)c(N)c(-c2ccc(O)cc2)n1C. The number of rotatable bonds is 2. The van der Waals surface area contributed by atoms with Crippen LogP contribution in [0.5, 0.6) is 5.75 Å². The highest BCUT2D eigenvalue weighted by Gasteiger charge is 2.21. The Bertz CT molecular complexity index is 612. The summed E-state index contributed by atoms with van der Waals surface area (Å²) in [5.41, 5.74) is 8.29. The molecule has 5 nitrogen and oxygen atoms in total. The van der Waals surface area contributed by atoms with E-state index in [4.69, 9.17) is 10.8 Å². The lowest BCUT2D eigenvalue weighted by molar-refractivity contribution is 0.0697. The minimum atomic E-state index is -1.04. The van der Waals surface area contributed by atoms with Crippen LogP contribution in [0.1, 0.15) is 16.1 Å². The van der Waals surface area contributed by atoms with Crippen molar-refractivity contribution >= 4 is 11.7 Å². The average molecular weight is 246 g/mol. The third-order valence-electron chi connectivity index (χ3n) is 3.08. The minimum absolute atomic E-state index is 0.126. The van der Waals surface area contributed by atoms with Crippen LogP contribution in [0.3, 0.4) is 0 Å². The fraction of sp³-hybridized carbons (Fsp3) is 0.154. The van der Waals surface area contributed by atoms with Crippen molar-refractivity contribution < 1.29 is 15.0 Å². The lowest BCUT2D eigenvalue weighted by Gasteiger charge is -2.06. The van der Waals surface area contributed by atoms with Gasteiger partial charge in [-0.3, -0.25) is 0 Å². The van der Waals surface area contributed by atoms with Crippen LogP contribution in [0.15, 0.2) is 24.3 Å².